The second-order valence-corrected chi connectivity index (χ2v) is 7.15. The molecule has 3 rings (SSSR count). The van der Waals surface area contributed by atoms with E-state index in [2.05, 4.69) is 20.6 Å². The third kappa shape index (κ3) is 7.00. The van der Waals surface area contributed by atoms with Gasteiger partial charge in [-0.25, -0.2) is 4.98 Å². The maximum absolute atomic E-state index is 11.9. The van der Waals surface area contributed by atoms with Crippen molar-refractivity contribution in [3.8, 4) is 11.3 Å². The van der Waals surface area contributed by atoms with E-state index >= 15 is 0 Å². The Morgan fingerprint density at radius 3 is 2.79 bits per heavy atom. The van der Waals surface area contributed by atoms with Crippen molar-refractivity contribution < 1.29 is 14.0 Å². The third-order valence-electron chi connectivity index (χ3n) is 4.01. The quantitative estimate of drug-likeness (QED) is 0.395. The highest BCUT2D eigenvalue weighted by molar-refractivity contribution is 7.09. The minimum Gasteiger partial charge on any atom is -0.465 e. The molecule has 0 saturated carbocycles. The Labute approximate surface area is 172 Å². The van der Waals surface area contributed by atoms with Crippen LogP contribution in [0.3, 0.4) is 0 Å². The minimum absolute atomic E-state index is 0.0862. The van der Waals surface area contributed by atoms with E-state index < -0.39 is 0 Å². The van der Waals surface area contributed by atoms with Gasteiger partial charge in [-0.05, 0) is 36.8 Å². The number of amides is 2. The van der Waals surface area contributed by atoms with Crippen molar-refractivity contribution in [2.24, 2.45) is 0 Å². The molecule has 0 aliphatic carbocycles. The van der Waals surface area contributed by atoms with Crippen LogP contribution in [0.2, 0.25) is 0 Å². The number of thiazole rings is 1. The zero-order valence-corrected chi connectivity index (χ0v) is 16.7. The maximum Gasteiger partial charge on any atom is 0.244 e. The van der Waals surface area contributed by atoms with Crippen LogP contribution in [-0.2, 0) is 16.0 Å². The molecule has 7 nitrogen and oxygen atoms in total. The van der Waals surface area contributed by atoms with E-state index in [-0.39, 0.29) is 24.8 Å². The molecule has 2 N–H and O–H groups in total. The molecule has 150 valence electrons. The number of nitrogens with one attached hydrogen (secondary N) is 2. The third-order valence-corrected chi connectivity index (χ3v) is 4.92. The SMILES string of the molecule is O=C(/C=C/c1ccco1)NCCC(=O)NCCCc1nc(-c2ccncc2)cs1. The molecule has 3 heterocycles. The number of nitrogens with zero attached hydrogens (tertiary/aromatic N) is 2. The molecule has 0 fully saturated rings. The summed E-state index contributed by atoms with van der Waals surface area (Å²) in [6.45, 7) is 0.865. The zero-order chi connectivity index (χ0) is 20.3. The lowest BCUT2D eigenvalue weighted by Gasteiger charge is -2.05. The normalized spacial score (nSPS) is 10.9. The Hall–Kier alpha value is -3.26. The number of carbonyl (C=O) groups excluding carboxylic acids is 2. The lowest BCUT2D eigenvalue weighted by atomic mass is 10.2. The van der Waals surface area contributed by atoms with Crippen LogP contribution in [-0.4, -0.2) is 34.9 Å². The van der Waals surface area contributed by atoms with Gasteiger partial charge in [0.1, 0.15) is 5.76 Å². The highest BCUT2D eigenvalue weighted by Crippen LogP contribution is 2.21. The van der Waals surface area contributed by atoms with Crippen LogP contribution >= 0.6 is 11.3 Å². The summed E-state index contributed by atoms with van der Waals surface area (Å²) in [5.41, 5.74) is 2.00. The van der Waals surface area contributed by atoms with Crippen LogP contribution in [0.25, 0.3) is 17.3 Å². The summed E-state index contributed by atoms with van der Waals surface area (Å²) in [6.07, 6.45) is 9.86. The first-order chi connectivity index (χ1) is 14.2. The number of aryl methyl sites for hydroxylation is 1. The summed E-state index contributed by atoms with van der Waals surface area (Å²) in [6, 6.07) is 7.37. The van der Waals surface area contributed by atoms with Crippen LogP contribution in [0.5, 0.6) is 0 Å². The van der Waals surface area contributed by atoms with Gasteiger partial charge >= 0.3 is 0 Å². The summed E-state index contributed by atoms with van der Waals surface area (Å²) in [5.74, 6) is 0.255. The van der Waals surface area contributed by atoms with Crippen molar-refractivity contribution in [3.05, 3.63) is 65.1 Å². The van der Waals surface area contributed by atoms with E-state index in [1.54, 1.807) is 41.9 Å². The average Bonchev–Trinajstić information content (AvgIpc) is 3.42. The lowest BCUT2D eigenvalue weighted by molar-refractivity contribution is -0.121. The molecule has 0 unspecified atom stereocenters. The van der Waals surface area contributed by atoms with Crippen molar-refractivity contribution in [1.82, 2.24) is 20.6 Å². The second kappa shape index (κ2) is 10.9. The number of aromatic nitrogens is 2. The molecule has 0 saturated heterocycles. The van der Waals surface area contributed by atoms with E-state index in [9.17, 15) is 9.59 Å². The maximum atomic E-state index is 11.9. The van der Waals surface area contributed by atoms with Gasteiger partial charge in [0.15, 0.2) is 0 Å². The summed E-state index contributed by atoms with van der Waals surface area (Å²) < 4.78 is 5.10. The molecule has 0 atom stereocenters. The van der Waals surface area contributed by atoms with Gasteiger partial charge in [-0.3, -0.25) is 14.6 Å². The Balaban J connectivity index is 1.27. The number of rotatable bonds is 10. The summed E-state index contributed by atoms with van der Waals surface area (Å²) in [4.78, 5) is 32.1. The van der Waals surface area contributed by atoms with Gasteiger partial charge in [0, 0.05) is 55.3 Å². The number of hydrogen-bond donors (Lipinski definition) is 2. The molecule has 0 bridgehead atoms. The predicted molar refractivity (Wildman–Crippen MR) is 112 cm³/mol. The van der Waals surface area contributed by atoms with E-state index in [1.165, 1.54) is 12.3 Å². The van der Waals surface area contributed by atoms with E-state index in [0.29, 0.717) is 12.3 Å². The molecule has 0 radical (unpaired) electrons. The Morgan fingerprint density at radius 2 is 2.00 bits per heavy atom. The Kier molecular flexibility index (Phi) is 7.71. The first-order valence-electron chi connectivity index (χ1n) is 9.31. The predicted octanol–water partition coefficient (Wildman–Crippen LogP) is 3.07. The van der Waals surface area contributed by atoms with Gasteiger partial charge in [0.2, 0.25) is 11.8 Å². The smallest absolute Gasteiger partial charge is 0.244 e. The zero-order valence-electron chi connectivity index (χ0n) is 15.8. The van der Waals surface area contributed by atoms with Gasteiger partial charge in [0.05, 0.1) is 17.0 Å². The van der Waals surface area contributed by atoms with Crippen LogP contribution in [0.15, 0.2) is 58.8 Å². The van der Waals surface area contributed by atoms with Crippen molar-refractivity contribution in [3.63, 3.8) is 0 Å². The molecule has 0 aliphatic heterocycles. The molecule has 8 heteroatoms. The molecular formula is C21H22N4O3S. The fourth-order valence-corrected chi connectivity index (χ4v) is 3.39. The molecule has 3 aromatic rings. The van der Waals surface area contributed by atoms with Gasteiger partial charge in [-0.15, -0.1) is 11.3 Å². The van der Waals surface area contributed by atoms with E-state index in [0.717, 1.165) is 29.1 Å². The number of hydrogen-bond acceptors (Lipinski definition) is 6. The minimum atomic E-state index is -0.261. The Bertz CT molecular complexity index is 936. The summed E-state index contributed by atoms with van der Waals surface area (Å²) >= 11 is 1.62. The highest BCUT2D eigenvalue weighted by atomic mass is 32.1. The first-order valence-corrected chi connectivity index (χ1v) is 10.2. The number of furan rings is 1. The van der Waals surface area contributed by atoms with Crippen LogP contribution in [0.1, 0.15) is 23.6 Å². The van der Waals surface area contributed by atoms with Gasteiger partial charge in [-0.2, -0.15) is 0 Å². The van der Waals surface area contributed by atoms with Crippen molar-refractivity contribution >= 4 is 29.2 Å². The van der Waals surface area contributed by atoms with E-state index in [4.69, 9.17) is 4.42 Å². The molecule has 29 heavy (non-hydrogen) atoms. The van der Waals surface area contributed by atoms with Crippen molar-refractivity contribution in [1.29, 1.82) is 0 Å². The first kappa shape index (κ1) is 20.5. The van der Waals surface area contributed by atoms with Gasteiger partial charge < -0.3 is 15.1 Å². The largest absolute Gasteiger partial charge is 0.465 e. The summed E-state index contributed by atoms with van der Waals surface area (Å²) in [5, 5.41) is 8.61. The summed E-state index contributed by atoms with van der Waals surface area (Å²) in [7, 11) is 0. The molecule has 3 aromatic heterocycles. The number of carbonyl (C=O) groups is 2. The molecule has 0 aromatic carbocycles. The van der Waals surface area contributed by atoms with Crippen LogP contribution in [0, 0.1) is 0 Å². The van der Waals surface area contributed by atoms with Gasteiger partial charge in [0.25, 0.3) is 0 Å². The molecular weight excluding hydrogens is 388 g/mol. The monoisotopic (exact) mass is 410 g/mol. The molecule has 2 amide bonds. The molecule has 0 spiro atoms. The van der Waals surface area contributed by atoms with E-state index in [1.807, 2.05) is 17.5 Å². The molecule has 0 aliphatic rings. The van der Waals surface area contributed by atoms with Crippen LogP contribution < -0.4 is 10.6 Å². The second-order valence-electron chi connectivity index (χ2n) is 6.21. The fraction of sp³-hybridized carbons (Fsp3) is 0.238. The average molecular weight is 410 g/mol. The fourth-order valence-electron chi connectivity index (χ4n) is 2.54. The number of pyridine rings is 1. The van der Waals surface area contributed by atoms with Crippen LogP contribution in [0.4, 0.5) is 0 Å². The standard InChI is InChI=1S/C21H22N4O3S/c26-19(6-5-17-3-2-14-28-17)24-13-9-20(27)23-10-1-4-21-25-18(15-29-21)16-7-11-22-12-8-16/h2-3,5-8,11-12,14-15H,1,4,9-10,13H2,(H,23,27)(H,24,26)/b6-5+. The lowest BCUT2D eigenvalue weighted by Crippen LogP contribution is -2.30. The topological polar surface area (TPSA) is 97.1 Å². The van der Waals surface area contributed by atoms with Crippen molar-refractivity contribution in [2.45, 2.75) is 19.3 Å². The van der Waals surface area contributed by atoms with Crippen molar-refractivity contribution in [2.75, 3.05) is 13.1 Å². The Morgan fingerprint density at radius 1 is 1.14 bits per heavy atom. The van der Waals surface area contributed by atoms with Gasteiger partial charge in [-0.1, -0.05) is 0 Å². The highest BCUT2D eigenvalue weighted by Gasteiger charge is 2.06.